The summed E-state index contributed by atoms with van der Waals surface area (Å²) in [5.74, 6) is -4.97. The summed E-state index contributed by atoms with van der Waals surface area (Å²) in [5, 5.41) is 20.9. The Kier molecular flexibility index (Phi) is 17.5. The Morgan fingerprint density at radius 2 is 1.49 bits per heavy atom. The zero-order chi connectivity index (χ0) is 36.8. The van der Waals surface area contributed by atoms with Crippen molar-refractivity contribution in [2.24, 2.45) is 23.5 Å². The number of aliphatic hydroxyl groups is 1. The predicted molar refractivity (Wildman–Crippen MR) is 185 cm³/mol. The molecule has 0 bridgehead atoms. The van der Waals surface area contributed by atoms with Crippen molar-refractivity contribution in [2.45, 2.75) is 155 Å². The number of unbranched alkanes of at least 4 members (excludes halogenated alkanes) is 3. The van der Waals surface area contributed by atoms with Crippen LogP contribution in [0.4, 0.5) is 0 Å². The highest BCUT2D eigenvalue weighted by atomic mass is 16.5. The van der Waals surface area contributed by atoms with Crippen LogP contribution < -0.4 is 27.0 Å². The number of cyclic esters (lactones) is 1. The van der Waals surface area contributed by atoms with Crippen LogP contribution >= 0.6 is 0 Å². The number of hydrogen-bond acceptors (Lipinski definition) is 9. The first kappa shape index (κ1) is 41.9. The minimum absolute atomic E-state index is 0.0178. The zero-order valence-corrected chi connectivity index (χ0v) is 30.6. The average Bonchev–Trinajstić information content (AvgIpc) is 3.05. The number of hydrogen-bond donors (Lipinski definition) is 6. The van der Waals surface area contributed by atoms with Crippen molar-refractivity contribution < 1.29 is 38.6 Å². The van der Waals surface area contributed by atoms with Gasteiger partial charge in [-0.1, -0.05) is 66.2 Å². The highest BCUT2D eigenvalue weighted by Crippen LogP contribution is 2.28. The topological polar surface area (TPSA) is 209 Å². The molecule has 49 heavy (non-hydrogen) atoms. The predicted octanol–water partition coefficient (Wildman–Crippen LogP) is 1.27. The number of carbonyl (C=O) groups is 6. The fraction of sp³-hybridized carbons (Fsp3) is 0.829. The molecule has 5 amide bonds. The summed E-state index contributed by atoms with van der Waals surface area (Å²) in [6.07, 6.45) is 6.17. The van der Waals surface area contributed by atoms with E-state index in [0.717, 1.165) is 38.5 Å². The van der Waals surface area contributed by atoms with Gasteiger partial charge in [0, 0.05) is 13.1 Å². The maximum absolute atomic E-state index is 14.1. The molecule has 7 N–H and O–H groups in total. The second kappa shape index (κ2) is 20.4. The largest absolute Gasteiger partial charge is 0.460 e. The van der Waals surface area contributed by atoms with Crippen LogP contribution in [0.1, 0.15) is 112 Å². The van der Waals surface area contributed by atoms with E-state index in [1.54, 1.807) is 14.0 Å². The van der Waals surface area contributed by atoms with Gasteiger partial charge in [0.15, 0.2) is 0 Å². The molecular formula is C35H62N6O8. The van der Waals surface area contributed by atoms with Crippen molar-refractivity contribution in [1.82, 2.24) is 26.2 Å². The Morgan fingerprint density at radius 3 is 2.06 bits per heavy atom. The number of amides is 5. The van der Waals surface area contributed by atoms with E-state index in [1.807, 2.05) is 13.8 Å². The monoisotopic (exact) mass is 694 g/mol. The van der Waals surface area contributed by atoms with Crippen molar-refractivity contribution in [3.05, 3.63) is 0 Å². The molecule has 1 aliphatic carbocycles. The first-order valence-electron chi connectivity index (χ1n) is 18.2. The summed E-state index contributed by atoms with van der Waals surface area (Å²) < 4.78 is 5.77. The molecule has 0 aromatic rings. The minimum Gasteiger partial charge on any atom is -0.460 e. The number of likely N-dealkylation sites (N-methyl/N-ethyl adjacent to an activating group) is 1. The summed E-state index contributed by atoms with van der Waals surface area (Å²) in [4.78, 5) is 83.1. The molecule has 0 unspecified atom stereocenters. The fourth-order valence-electron chi connectivity index (χ4n) is 6.63. The molecule has 14 nitrogen and oxygen atoms in total. The number of nitrogens with zero attached hydrogens (tertiary/aromatic N) is 1. The Labute approximate surface area is 291 Å². The van der Waals surface area contributed by atoms with Gasteiger partial charge in [-0.15, -0.1) is 0 Å². The Bertz CT molecular complexity index is 1130. The standard InChI is InChI=1S/C35H62N6O8/c1-8-9-10-14-17-26-21(4)35(48)41(7)25(18-20(2)3)31(44)40-30(24-15-12-11-13-16-24)34(47)38-28(22(5)36)33(46)39-29(23(6)42)32(45)37-19-27(43)49-26/h20-26,28-30,42H,8-19,36H2,1-7H3,(H,37,45)(H,38,47)(H,39,46)(H,40,44)/t21-,22+,23+,25+,26-,28+,29+,30+/m1/s1. The van der Waals surface area contributed by atoms with Gasteiger partial charge in [0.1, 0.15) is 36.8 Å². The lowest BCUT2D eigenvalue weighted by atomic mass is 9.83. The van der Waals surface area contributed by atoms with E-state index >= 15 is 0 Å². The smallest absolute Gasteiger partial charge is 0.325 e. The first-order chi connectivity index (χ1) is 23.1. The maximum atomic E-state index is 14.1. The van der Waals surface area contributed by atoms with Gasteiger partial charge >= 0.3 is 5.97 Å². The van der Waals surface area contributed by atoms with Crippen LogP contribution in [0.3, 0.4) is 0 Å². The van der Waals surface area contributed by atoms with E-state index in [-0.39, 0.29) is 11.8 Å². The molecule has 14 heteroatoms. The van der Waals surface area contributed by atoms with Gasteiger partial charge in [-0.3, -0.25) is 28.8 Å². The molecule has 1 heterocycles. The summed E-state index contributed by atoms with van der Waals surface area (Å²) in [6, 6.07) is -5.65. The van der Waals surface area contributed by atoms with Crippen LogP contribution in [0.25, 0.3) is 0 Å². The number of nitrogens with one attached hydrogen (secondary N) is 4. The van der Waals surface area contributed by atoms with E-state index in [0.29, 0.717) is 32.1 Å². The molecule has 280 valence electrons. The molecule has 0 aromatic heterocycles. The second-order valence-corrected chi connectivity index (χ2v) is 14.4. The van der Waals surface area contributed by atoms with Crippen LogP contribution in [0.5, 0.6) is 0 Å². The third kappa shape index (κ3) is 12.9. The summed E-state index contributed by atoms with van der Waals surface area (Å²) in [6.45, 7) is 9.85. The van der Waals surface area contributed by atoms with Gasteiger partial charge in [0.25, 0.3) is 0 Å². The van der Waals surface area contributed by atoms with Crippen LogP contribution in [0.15, 0.2) is 0 Å². The molecule has 2 fully saturated rings. The first-order valence-corrected chi connectivity index (χ1v) is 18.2. The molecule has 8 atom stereocenters. The molecule has 0 radical (unpaired) electrons. The lowest BCUT2D eigenvalue weighted by molar-refractivity contribution is -0.157. The SMILES string of the molecule is CCCCCC[C@H]1OC(=O)CNC(=O)[C@H]([C@H](C)O)NC(=O)[C@H]([C@H](C)N)NC(=O)[C@H](C2CCCCC2)NC(=O)[C@H](CC(C)C)N(C)C(=O)[C@@H]1C. The zero-order valence-electron chi connectivity index (χ0n) is 30.6. The highest BCUT2D eigenvalue weighted by Gasteiger charge is 2.40. The van der Waals surface area contributed by atoms with Crippen LogP contribution in [-0.4, -0.2) is 102 Å². The second-order valence-electron chi connectivity index (χ2n) is 14.4. The van der Waals surface area contributed by atoms with Gasteiger partial charge in [-0.05, 0) is 57.8 Å². The molecule has 0 spiro atoms. The van der Waals surface area contributed by atoms with Gasteiger partial charge in [-0.2, -0.15) is 0 Å². The molecule has 0 aromatic carbocycles. The van der Waals surface area contributed by atoms with Gasteiger partial charge < -0.3 is 41.7 Å². The van der Waals surface area contributed by atoms with E-state index in [4.69, 9.17) is 10.5 Å². The number of rotatable bonds is 10. The molecule has 1 saturated carbocycles. The van der Waals surface area contributed by atoms with Gasteiger partial charge in [-0.25, -0.2) is 0 Å². The molecule has 2 rings (SSSR count). The fourth-order valence-corrected chi connectivity index (χ4v) is 6.63. The van der Waals surface area contributed by atoms with E-state index in [1.165, 1.54) is 18.7 Å². The normalized spacial score (nSPS) is 29.1. The van der Waals surface area contributed by atoms with E-state index < -0.39 is 90.4 Å². The van der Waals surface area contributed by atoms with Crippen molar-refractivity contribution in [2.75, 3.05) is 13.6 Å². The quantitative estimate of drug-likeness (QED) is 0.144. The number of esters is 1. The third-order valence-electron chi connectivity index (χ3n) is 9.66. The van der Waals surface area contributed by atoms with E-state index in [9.17, 15) is 33.9 Å². The molecule has 2 aliphatic rings. The number of ether oxygens (including phenoxy) is 1. The summed E-state index contributed by atoms with van der Waals surface area (Å²) in [7, 11) is 1.55. The maximum Gasteiger partial charge on any atom is 0.325 e. The van der Waals surface area contributed by atoms with Crippen molar-refractivity contribution in [1.29, 1.82) is 0 Å². The van der Waals surface area contributed by atoms with Crippen LogP contribution in [0, 0.1) is 17.8 Å². The van der Waals surface area contributed by atoms with E-state index in [2.05, 4.69) is 28.2 Å². The molecule has 1 saturated heterocycles. The third-order valence-corrected chi connectivity index (χ3v) is 9.66. The summed E-state index contributed by atoms with van der Waals surface area (Å²) >= 11 is 0. The van der Waals surface area contributed by atoms with Crippen LogP contribution in [-0.2, 0) is 33.5 Å². The number of aliphatic hydroxyl groups excluding tert-OH is 1. The van der Waals surface area contributed by atoms with Crippen molar-refractivity contribution in [3.8, 4) is 0 Å². The molecular weight excluding hydrogens is 632 g/mol. The lowest BCUT2D eigenvalue weighted by Crippen LogP contribution is -2.64. The molecule has 1 aliphatic heterocycles. The number of carbonyl (C=O) groups excluding carboxylic acids is 6. The lowest BCUT2D eigenvalue weighted by Gasteiger charge is -2.36. The van der Waals surface area contributed by atoms with Crippen molar-refractivity contribution >= 4 is 35.5 Å². The van der Waals surface area contributed by atoms with Crippen LogP contribution in [0.2, 0.25) is 0 Å². The Hall–Kier alpha value is -3.26. The van der Waals surface area contributed by atoms with Gasteiger partial charge in [0.2, 0.25) is 29.5 Å². The Balaban J connectivity index is 2.59. The highest BCUT2D eigenvalue weighted by molar-refractivity contribution is 5.96. The number of nitrogens with two attached hydrogens (primary N) is 1. The average molecular weight is 695 g/mol. The minimum atomic E-state index is -1.48. The summed E-state index contributed by atoms with van der Waals surface area (Å²) in [5.41, 5.74) is 6.14. The van der Waals surface area contributed by atoms with Crippen molar-refractivity contribution in [3.63, 3.8) is 0 Å². The Morgan fingerprint density at radius 1 is 0.857 bits per heavy atom. The van der Waals surface area contributed by atoms with Gasteiger partial charge in [0.05, 0.1) is 12.0 Å².